The largest absolute Gasteiger partial charge is 0.411 e. The van der Waals surface area contributed by atoms with E-state index in [1.165, 1.54) is 25.7 Å². The van der Waals surface area contributed by atoms with Crippen molar-refractivity contribution in [3.8, 4) is 12.3 Å². The highest BCUT2D eigenvalue weighted by Crippen LogP contribution is 2.35. The Bertz CT molecular complexity index is 257. The molecule has 1 aliphatic rings. The van der Waals surface area contributed by atoms with Crippen LogP contribution in [-0.2, 0) is 4.43 Å². The highest BCUT2D eigenvalue weighted by Gasteiger charge is 2.32. The van der Waals surface area contributed by atoms with E-state index in [0.717, 1.165) is 18.8 Å². The van der Waals surface area contributed by atoms with Gasteiger partial charge in [-0.1, -0.05) is 19.3 Å². The molecule has 1 nitrogen and oxygen atoms in total. The molecule has 0 N–H and O–H groups in total. The standard InChI is InChI=1S/C14H26OSi/c1-6-11-14(2,15-16(3,4)5)12-10-13-8-7-9-13/h1,13H,7-12H2,2-5H3/t14-/m1/s1. The van der Waals surface area contributed by atoms with Crippen molar-refractivity contribution in [1.29, 1.82) is 0 Å². The summed E-state index contributed by atoms with van der Waals surface area (Å²) in [5, 5.41) is 0. The molecule has 0 aliphatic heterocycles. The van der Waals surface area contributed by atoms with Crippen molar-refractivity contribution < 1.29 is 4.43 Å². The molecular weight excluding hydrogens is 212 g/mol. The molecule has 16 heavy (non-hydrogen) atoms. The van der Waals surface area contributed by atoms with Crippen LogP contribution in [0.2, 0.25) is 19.6 Å². The zero-order chi connectivity index (χ0) is 12.2. The molecule has 0 amide bonds. The van der Waals surface area contributed by atoms with E-state index in [1.807, 2.05) is 0 Å². The van der Waals surface area contributed by atoms with Crippen molar-refractivity contribution in [1.82, 2.24) is 0 Å². The van der Waals surface area contributed by atoms with E-state index < -0.39 is 8.32 Å². The molecule has 1 aliphatic carbocycles. The third kappa shape index (κ3) is 4.72. The molecular formula is C14H26OSi. The molecule has 92 valence electrons. The van der Waals surface area contributed by atoms with Gasteiger partial charge in [0, 0.05) is 6.42 Å². The van der Waals surface area contributed by atoms with E-state index in [1.54, 1.807) is 0 Å². The Morgan fingerprint density at radius 2 is 2.00 bits per heavy atom. The summed E-state index contributed by atoms with van der Waals surface area (Å²) in [5.74, 6) is 3.73. The van der Waals surface area contributed by atoms with Crippen molar-refractivity contribution in [2.75, 3.05) is 0 Å². The third-order valence-electron chi connectivity index (χ3n) is 3.33. The molecule has 1 fully saturated rings. The molecule has 0 aromatic rings. The van der Waals surface area contributed by atoms with Gasteiger partial charge in [-0.05, 0) is 45.3 Å². The summed E-state index contributed by atoms with van der Waals surface area (Å²) in [6.07, 6.45) is 12.9. The van der Waals surface area contributed by atoms with Crippen LogP contribution in [0.15, 0.2) is 0 Å². The van der Waals surface area contributed by atoms with Crippen molar-refractivity contribution in [3.63, 3.8) is 0 Å². The van der Waals surface area contributed by atoms with Crippen LogP contribution in [0.4, 0.5) is 0 Å². The van der Waals surface area contributed by atoms with E-state index >= 15 is 0 Å². The molecule has 1 saturated carbocycles. The molecule has 0 bridgehead atoms. The highest BCUT2D eigenvalue weighted by molar-refractivity contribution is 6.69. The van der Waals surface area contributed by atoms with Gasteiger partial charge < -0.3 is 4.43 Å². The third-order valence-corrected chi connectivity index (χ3v) is 4.44. The first-order valence-corrected chi connectivity index (χ1v) is 9.89. The number of terminal acetylenes is 1. The smallest absolute Gasteiger partial charge is 0.184 e. The lowest BCUT2D eigenvalue weighted by Gasteiger charge is -2.37. The Labute approximate surface area is 102 Å². The number of hydrogen-bond donors (Lipinski definition) is 0. The molecule has 0 aromatic heterocycles. The average molecular weight is 238 g/mol. The Hall–Kier alpha value is -0.263. The van der Waals surface area contributed by atoms with Crippen molar-refractivity contribution in [3.05, 3.63) is 0 Å². The number of hydrogen-bond acceptors (Lipinski definition) is 1. The number of rotatable bonds is 6. The fourth-order valence-electron chi connectivity index (χ4n) is 2.42. The molecule has 0 spiro atoms. The molecule has 1 rings (SSSR count). The summed E-state index contributed by atoms with van der Waals surface area (Å²) < 4.78 is 6.28. The van der Waals surface area contributed by atoms with Gasteiger partial charge in [-0.25, -0.2) is 0 Å². The van der Waals surface area contributed by atoms with Crippen LogP contribution in [0, 0.1) is 18.3 Å². The van der Waals surface area contributed by atoms with E-state index in [9.17, 15) is 0 Å². The lowest BCUT2D eigenvalue weighted by atomic mass is 9.79. The summed E-state index contributed by atoms with van der Waals surface area (Å²) in [5.41, 5.74) is -0.0746. The van der Waals surface area contributed by atoms with E-state index in [4.69, 9.17) is 10.8 Å². The van der Waals surface area contributed by atoms with Gasteiger partial charge in [0.15, 0.2) is 8.32 Å². The zero-order valence-corrected chi connectivity index (χ0v) is 12.3. The van der Waals surface area contributed by atoms with Crippen LogP contribution in [0.25, 0.3) is 0 Å². The van der Waals surface area contributed by atoms with E-state index in [0.29, 0.717) is 0 Å². The SMILES string of the molecule is C#CC[C@](C)(CCC1CCC1)O[Si](C)(C)C. The molecule has 1 atom stereocenters. The van der Waals surface area contributed by atoms with Crippen LogP contribution in [-0.4, -0.2) is 13.9 Å². The van der Waals surface area contributed by atoms with Crippen molar-refractivity contribution in [2.45, 2.75) is 70.7 Å². The lowest BCUT2D eigenvalue weighted by molar-refractivity contribution is 0.0632. The van der Waals surface area contributed by atoms with Gasteiger partial charge >= 0.3 is 0 Å². The summed E-state index contributed by atoms with van der Waals surface area (Å²) >= 11 is 0. The minimum atomic E-state index is -1.49. The summed E-state index contributed by atoms with van der Waals surface area (Å²) in [4.78, 5) is 0. The van der Waals surface area contributed by atoms with E-state index in [2.05, 4.69) is 32.5 Å². The molecule has 0 aromatic carbocycles. The van der Waals surface area contributed by atoms with Gasteiger partial charge in [0.25, 0.3) is 0 Å². The fourth-order valence-corrected chi connectivity index (χ4v) is 4.07. The fraction of sp³-hybridized carbons (Fsp3) is 0.857. The monoisotopic (exact) mass is 238 g/mol. The first-order valence-electron chi connectivity index (χ1n) is 6.48. The second-order valence-corrected chi connectivity index (χ2v) is 10.8. The quantitative estimate of drug-likeness (QED) is 0.498. The van der Waals surface area contributed by atoms with Gasteiger partial charge in [0.05, 0.1) is 5.60 Å². The normalized spacial score (nSPS) is 20.9. The maximum atomic E-state index is 6.28. The molecule has 0 heterocycles. The first-order chi connectivity index (χ1) is 7.35. The minimum Gasteiger partial charge on any atom is -0.411 e. The van der Waals surface area contributed by atoms with Crippen LogP contribution < -0.4 is 0 Å². The topological polar surface area (TPSA) is 9.23 Å². The van der Waals surface area contributed by atoms with Gasteiger partial charge in [-0.3, -0.25) is 0 Å². The maximum absolute atomic E-state index is 6.28. The highest BCUT2D eigenvalue weighted by atomic mass is 28.4. The summed E-state index contributed by atoms with van der Waals surface area (Å²) in [6, 6.07) is 0. The Morgan fingerprint density at radius 3 is 2.38 bits per heavy atom. The summed E-state index contributed by atoms with van der Waals surface area (Å²) in [6.45, 7) is 8.92. The van der Waals surface area contributed by atoms with Gasteiger partial charge in [-0.15, -0.1) is 12.3 Å². The van der Waals surface area contributed by atoms with Gasteiger partial charge in [0.1, 0.15) is 0 Å². The Balaban J connectivity index is 2.46. The average Bonchev–Trinajstić information content (AvgIpc) is 1.97. The molecule has 0 saturated heterocycles. The van der Waals surface area contributed by atoms with Crippen LogP contribution >= 0.6 is 0 Å². The maximum Gasteiger partial charge on any atom is 0.184 e. The Kier molecular flexibility index (Phi) is 4.64. The van der Waals surface area contributed by atoms with E-state index in [-0.39, 0.29) is 5.60 Å². The van der Waals surface area contributed by atoms with Crippen molar-refractivity contribution in [2.24, 2.45) is 5.92 Å². The molecule has 0 unspecified atom stereocenters. The lowest BCUT2D eigenvalue weighted by Crippen LogP contribution is -2.40. The van der Waals surface area contributed by atoms with Gasteiger partial charge in [-0.2, -0.15) is 0 Å². The Morgan fingerprint density at radius 1 is 1.38 bits per heavy atom. The predicted octanol–water partition coefficient (Wildman–Crippen LogP) is 4.20. The first kappa shape index (κ1) is 13.8. The second-order valence-electron chi connectivity index (χ2n) is 6.38. The van der Waals surface area contributed by atoms with Crippen LogP contribution in [0.1, 0.15) is 45.4 Å². The predicted molar refractivity (Wildman–Crippen MR) is 72.9 cm³/mol. The molecule has 0 radical (unpaired) electrons. The van der Waals surface area contributed by atoms with Gasteiger partial charge in [0.2, 0.25) is 0 Å². The van der Waals surface area contributed by atoms with Crippen molar-refractivity contribution >= 4 is 8.32 Å². The second kappa shape index (κ2) is 5.38. The minimum absolute atomic E-state index is 0.0746. The van der Waals surface area contributed by atoms with Crippen LogP contribution in [0.5, 0.6) is 0 Å². The van der Waals surface area contributed by atoms with Crippen LogP contribution in [0.3, 0.4) is 0 Å². The summed E-state index contributed by atoms with van der Waals surface area (Å²) in [7, 11) is -1.49. The molecule has 2 heteroatoms. The zero-order valence-electron chi connectivity index (χ0n) is 11.3.